The lowest BCUT2D eigenvalue weighted by molar-refractivity contribution is -0.125. The highest BCUT2D eigenvalue weighted by atomic mass is 16.5. The Morgan fingerprint density at radius 2 is 1.95 bits per heavy atom. The van der Waals surface area contributed by atoms with Crippen molar-refractivity contribution in [1.29, 1.82) is 0 Å². The standard InChI is InChI=1S/C13H25N3O3/c1-19-8-10(14)13(18)16-11(7-12(15)17)9-5-3-2-4-6-9/h9-11H,2-8,14H2,1H3,(H2,15,17)(H,16,18). The van der Waals surface area contributed by atoms with E-state index in [1.807, 2.05) is 0 Å². The van der Waals surface area contributed by atoms with Crippen LogP contribution >= 0.6 is 0 Å². The summed E-state index contributed by atoms with van der Waals surface area (Å²) in [7, 11) is 1.50. The Kier molecular flexibility index (Phi) is 6.80. The summed E-state index contributed by atoms with van der Waals surface area (Å²) in [5.74, 6) is -0.352. The molecule has 110 valence electrons. The van der Waals surface area contributed by atoms with E-state index >= 15 is 0 Å². The maximum Gasteiger partial charge on any atom is 0.239 e. The zero-order valence-corrected chi connectivity index (χ0v) is 11.6. The third-order valence-corrected chi connectivity index (χ3v) is 3.65. The quantitative estimate of drug-likeness (QED) is 0.601. The Bertz CT molecular complexity index is 304. The van der Waals surface area contributed by atoms with Crippen LogP contribution in [0.3, 0.4) is 0 Å². The summed E-state index contributed by atoms with van der Waals surface area (Å²) < 4.78 is 4.86. The lowest BCUT2D eigenvalue weighted by Crippen LogP contribution is -2.51. The minimum atomic E-state index is -0.705. The van der Waals surface area contributed by atoms with Gasteiger partial charge in [0, 0.05) is 19.6 Å². The largest absolute Gasteiger partial charge is 0.383 e. The third kappa shape index (κ3) is 5.57. The van der Waals surface area contributed by atoms with Crippen molar-refractivity contribution in [1.82, 2.24) is 5.32 Å². The number of rotatable bonds is 7. The summed E-state index contributed by atoms with van der Waals surface area (Å²) in [5.41, 5.74) is 10.9. The van der Waals surface area contributed by atoms with E-state index in [2.05, 4.69) is 5.32 Å². The number of nitrogens with two attached hydrogens (primary N) is 2. The summed E-state index contributed by atoms with van der Waals surface area (Å²) in [6.07, 6.45) is 5.72. The first-order valence-corrected chi connectivity index (χ1v) is 6.87. The lowest BCUT2D eigenvalue weighted by atomic mass is 9.82. The summed E-state index contributed by atoms with van der Waals surface area (Å²) in [6.45, 7) is 0.166. The van der Waals surface area contributed by atoms with Crippen molar-refractivity contribution in [3.8, 4) is 0 Å². The minimum Gasteiger partial charge on any atom is -0.383 e. The van der Waals surface area contributed by atoms with E-state index in [0.717, 1.165) is 25.7 Å². The first kappa shape index (κ1) is 15.9. The van der Waals surface area contributed by atoms with Crippen LogP contribution in [-0.4, -0.2) is 37.6 Å². The van der Waals surface area contributed by atoms with Gasteiger partial charge in [-0.3, -0.25) is 9.59 Å². The molecule has 2 atom stereocenters. The highest BCUT2D eigenvalue weighted by molar-refractivity contribution is 5.83. The fourth-order valence-corrected chi connectivity index (χ4v) is 2.63. The second kappa shape index (κ2) is 8.12. The van der Waals surface area contributed by atoms with Crippen molar-refractivity contribution in [3.63, 3.8) is 0 Å². The summed E-state index contributed by atoms with van der Waals surface area (Å²) in [5, 5.41) is 2.86. The zero-order valence-electron chi connectivity index (χ0n) is 11.6. The summed E-state index contributed by atoms with van der Waals surface area (Å²) >= 11 is 0. The molecule has 19 heavy (non-hydrogen) atoms. The monoisotopic (exact) mass is 271 g/mol. The summed E-state index contributed by atoms with van der Waals surface area (Å²) in [4.78, 5) is 23.0. The van der Waals surface area contributed by atoms with Crippen LogP contribution in [0.15, 0.2) is 0 Å². The number of ether oxygens (including phenoxy) is 1. The van der Waals surface area contributed by atoms with Crippen LogP contribution in [0.1, 0.15) is 38.5 Å². The van der Waals surface area contributed by atoms with Crippen LogP contribution in [0.2, 0.25) is 0 Å². The average molecular weight is 271 g/mol. The van der Waals surface area contributed by atoms with Crippen molar-refractivity contribution in [2.45, 2.75) is 50.6 Å². The fourth-order valence-electron chi connectivity index (χ4n) is 2.63. The number of nitrogens with one attached hydrogen (secondary N) is 1. The Morgan fingerprint density at radius 1 is 1.32 bits per heavy atom. The van der Waals surface area contributed by atoms with E-state index in [0.29, 0.717) is 5.92 Å². The second-order valence-electron chi connectivity index (χ2n) is 5.25. The number of hydrogen-bond donors (Lipinski definition) is 3. The zero-order chi connectivity index (χ0) is 14.3. The van der Waals surface area contributed by atoms with Gasteiger partial charge in [0.2, 0.25) is 11.8 Å². The molecule has 0 saturated heterocycles. The van der Waals surface area contributed by atoms with Gasteiger partial charge >= 0.3 is 0 Å². The molecule has 1 aliphatic rings. The predicted molar refractivity (Wildman–Crippen MR) is 72.2 cm³/mol. The van der Waals surface area contributed by atoms with E-state index in [-0.39, 0.29) is 25.0 Å². The van der Waals surface area contributed by atoms with Gasteiger partial charge in [0.25, 0.3) is 0 Å². The Morgan fingerprint density at radius 3 is 2.47 bits per heavy atom. The molecule has 0 aromatic rings. The topological polar surface area (TPSA) is 107 Å². The molecule has 0 aliphatic heterocycles. The Balaban J connectivity index is 2.57. The number of hydrogen-bond acceptors (Lipinski definition) is 4. The molecule has 2 unspecified atom stereocenters. The molecule has 0 aromatic carbocycles. The van der Waals surface area contributed by atoms with Gasteiger partial charge in [-0.2, -0.15) is 0 Å². The van der Waals surface area contributed by atoms with Crippen LogP contribution < -0.4 is 16.8 Å². The number of methoxy groups -OCH3 is 1. The van der Waals surface area contributed by atoms with E-state index < -0.39 is 11.9 Å². The third-order valence-electron chi connectivity index (χ3n) is 3.65. The molecule has 1 fully saturated rings. The van der Waals surface area contributed by atoms with Gasteiger partial charge in [0.05, 0.1) is 6.61 Å². The van der Waals surface area contributed by atoms with Gasteiger partial charge in [0.1, 0.15) is 6.04 Å². The average Bonchev–Trinajstić information content (AvgIpc) is 2.38. The van der Waals surface area contributed by atoms with Gasteiger partial charge < -0.3 is 21.5 Å². The van der Waals surface area contributed by atoms with Crippen molar-refractivity contribution in [2.24, 2.45) is 17.4 Å². The first-order valence-electron chi connectivity index (χ1n) is 6.87. The number of carbonyl (C=O) groups is 2. The van der Waals surface area contributed by atoms with E-state index in [9.17, 15) is 9.59 Å². The van der Waals surface area contributed by atoms with Crippen LogP contribution in [-0.2, 0) is 14.3 Å². The smallest absolute Gasteiger partial charge is 0.239 e. The molecule has 0 radical (unpaired) electrons. The maximum absolute atomic E-state index is 11.9. The molecule has 1 saturated carbocycles. The Labute approximate surface area is 114 Å². The van der Waals surface area contributed by atoms with Crippen molar-refractivity contribution >= 4 is 11.8 Å². The predicted octanol–water partition coefficient (Wildman–Crippen LogP) is -0.0994. The first-order chi connectivity index (χ1) is 9.04. The molecule has 6 heteroatoms. The SMILES string of the molecule is COCC(N)C(=O)NC(CC(N)=O)C1CCCCC1. The maximum atomic E-state index is 11.9. The number of carbonyl (C=O) groups excluding carboxylic acids is 2. The highest BCUT2D eigenvalue weighted by Gasteiger charge is 2.27. The van der Waals surface area contributed by atoms with Gasteiger partial charge in [-0.25, -0.2) is 0 Å². The molecule has 6 nitrogen and oxygen atoms in total. The van der Waals surface area contributed by atoms with Crippen LogP contribution in [0.4, 0.5) is 0 Å². The van der Waals surface area contributed by atoms with E-state index in [1.165, 1.54) is 13.5 Å². The molecule has 0 aromatic heterocycles. The van der Waals surface area contributed by atoms with E-state index in [4.69, 9.17) is 16.2 Å². The van der Waals surface area contributed by atoms with E-state index in [1.54, 1.807) is 0 Å². The minimum absolute atomic E-state index is 0.166. The van der Waals surface area contributed by atoms with Crippen LogP contribution in [0, 0.1) is 5.92 Å². The molecular formula is C13H25N3O3. The molecule has 1 rings (SSSR count). The van der Waals surface area contributed by atoms with Gasteiger partial charge in [-0.05, 0) is 18.8 Å². The molecule has 0 spiro atoms. The van der Waals surface area contributed by atoms with Gasteiger partial charge in [-0.15, -0.1) is 0 Å². The number of primary amides is 1. The van der Waals surface area contributed by atoms with Crippen molar-refractivity contribution in [2.75, 3.05) is 13.7 Å². The summed E-state index contributed by atoms with van der Waals surface area (Å²) in [6, 6.07) is -0.905. The molecular weight excluding hydrogens is 246 g/mol. The van der Waals surface area contributed by atoms with Gasteiger partial charge in [0.15, 0.2) is 0 Å². The highest BCUT2D eigenvalue weighted by Crippen LogP contribution is 2.27. The van der Waals surface area contributed by atoms with Crippen LogP contribution in [0.5, 0.6) is 0 Å². The normalized spacial score (nSPS) is 19.7. The lowest BCUT2D eigenvalue weighted by Gasteiger charge is -2.31. The Hall–Kier alpha value is -1.14. The molecule has 1 aliphatic carbocycles. The fraction of sp³-hybridized carbons (Fsp3) is 0.846. The van der Waals surface area contributed by atoms with Gasteiger partial charge in [-0.1, -0.05) is 19.3 Å². The molecule has 0 heterocycles. The van der Waals surface area contributed by atoms with Crippen molar-refractivity contribution in [3.05, 3.63) is 0 Å². The molecule has 0 bridgehead atoms. The second-order valence-corrected chi connectivity index (χ2v) is 5.25. The molecule has 2 amide bonds. The molecule has 5 N–H and O–H groups in total. The number of amides is 2. The van der Waals surface area contributed by atoms with Crippen LogP contribution in [0.25, 0.3) is 0 Å². The van der Waals surface area contributed by atoms with Crippen molar-refractivity contribution < 1.29 is 14.3 Å².